The molecule has 3 unspecified atom stereocenters. The third kappa shape index (κ3) is 2.59. The molecule has 5 nitrogen and oxygen atoms in total. The largest absolute Gasteiger partial charge is 0.303 e. The summed E-state index contributed by atoms with van der Waals surface area (Å²) in [6.45, 7) is 3.20. The molecule has 3 aromatic rings. The standard InChI is InChI=1S/C20H22N4OS/c1-11-9-21-20(26-11)12-3-4-16-17(7-12)22-23-19(16)18(25)8-13-5-15-6-14(13)10-24(15)2/h3-4,7,9,13-15H,5-6,8,10H2,1-2H3,(H,22,23). The predicted octanol–water partition coefficient (Wildman–Crippen LogP) is 3.91. The number of hydrogen-bond acceptors (Lipinski definition) is 5. The summed E-state index contributed by atoms with van der Waals surface area (Å²) in [5.74, 6) is 1.38. The number of likely N-dealkylation sites (tertiary alicyclic amines) is 1. The minimum atomic E-state index is 0.175. The van der Waals surface area contributed by atoms with Gasteiger partial charge >= 0.3 is 0 Å². The van der Waals surface area contributed by atoms with Gasteiger partial charge in [0.2, 0.25) is 0 Å². The van der Waals surface area contributed by atoms with E-state index in [4.69, 9.17) is 0 Å². The molecule has 1 aliphatic carbocycles. The quantitative estimate of drug-likeness (QED) is 0.711. The van der Waals surface area contributed by atoms with Gasteiger partial charge in [-0.1, -0.05) is 6.07 Å². The van der Waals surface area contributed by atoms with E-state index < -0.39 is 0 Å². The highest BCUT2D eigenvalue weighted by Gasteiger charge is 2.43. The van der Waals surface area contributed by atoms with Gasteiger partial charge in [0.1, 0.15) is 10.7 Å². The zero-order valence-electron chi connectivity index (χ0n) is 15.0. The first kappa shape index (κ1) is 16.1. The van der Waals surface area contributed by atoms with E-state index in [1.165, 1.54) is 11.3 Å². The molecule has 1 saturated carbocycles. The van der Waals surface area contributed by atoms with Gasteiger partial charge in [0.25, 0.3) is 0 Å². The van der Waals surface area contributed by atoms with Crippen molar-refractivity contribution in [3.05, 3.63) is 35.0 Å². The zero-order valence-corrected chi connectivity index (χ0v) is 15.8. The molecule has 5 rings (SSSR count). The molecule has 1 aromatic carbocycles. The van der Waals surface area contributed by atoms with E-state index in [9.17, 15) is 4.79 Å². The Kier molecular flexibility index (Phi) is 3.72. The lowest BCUT2D eigenvalue weighted by molar-refractivity contribution is 0.0927. The molecular weight excluding hydrogens is 344 g/mol. The predicted molar refractivity (Wildman–Crippen MR) is 104 cm³/mol. The Hall–Kier alpha value is -2.05. The smallest absolute Gasteiger partial charge is 0.183 e. The number of aromatic amines is 1. The topological polar surface area (TPSA) is 61.9 Å². The SMILES string of the molecule is Cc1cnc(-c2ccc3c(C(=O)CC4CC5CC4CN5C)n[nH]c3c2)s1. The van der Waals surface area contributed by atoms with Gasteiger partial charge < -0.3 is 4.90 Å². The lowest BCUT2D eigenvalue weighted by Gasteiger charge is -2.27. The summed E-state index contributed by atoms with van der Waals surface area (Å²) in [5, 5.41) is 9.32. The Labute approximate surface area is 156 Å². The van der Waals surface area contributed by atoms with Crippen molar-refractivity contribution in [1.82, 2.24) is 20.1 Å². The zero-order chi connectivity index (χ0) is 17.8. The molecule has 1 N–H and O–H groups in total. The summed E-state index contributed by atoms with van der Waals surface area (Å²) < 4.78 is 0. The van der Waals surface area contributed by atoms with E-state index in [0.29, 0.717) is 30.0 Å². The van der Waals surface area contributed by atoms with Crippen molar-refractivity contribution in [3.8, 4) is 10.6 Å². The van der Waals surface area contributed by atoms with Crippen LogP contribution in [0.5, 0.6) is 0 Å². The van der Waals surface area contributed by atoms with Gasteiger partial charge in [-0.15, -0.1) is 11.3 Å². The van der Waals surface area contributed by atoms with Crippen LogP contribution in [-0.4, -0.2) is 45.5 Å². The summed E-state index contributed by atoms with van der Waals surface area (Å²) in [5.41, 5.74) is 2.57. The molecule has 1 saturated heterocycles. The fraction of sp³-hybridized carbons (Fsp3) is 0.450. The van der Waals surface area contributed by atoms with Crippen molar-refractivity contribution in [3.63, 3.8) is 0 Å². The second-order valence-corrected chi connectivity index (χ2v) is 9.06. The first-order chi connectivity index (χ1) is 12.6. The maximum Gasteiger partial charge on any atom is 0.183 e. The van der Waals surface area contributed by atoms with Crippen molar-refractivity contribution in [2.24, 2.45) is 11.8 Å². The highest BCUT2D eigenvalue weighted by Crippen LogP contribution is 2.43. The number of hydrogen-bond donors (Lipinski definition) is 1. The van der Waals surface area contributed by atoms with E-state index in [1.807, 2.05) is 24.4 Å². The van der Waals surface area contributed by atoms with Crippen LogP contribution in [0.15, 0.2) is 24.4 Å². The van der Waals surface area contributed by atoms with Crippen LogP contribution < -0.4 is 0 Å². The van der Waals surface area contributed by atoms with Gasteiger partial charge in [0.15, 0.2) is 5.78 Å². The van der Waals surface area contributed by atoms with Gasteiger partial charge in [0, 0.05) is 41.0 Å². The number of H-pyrrole nitrogens is 1. The Morgan fingerprint density at radius 3 is 2.96 bits per heavy atom. The van der Waals surface area contributed by atoms with Crippen molar-refractivity contribution in [2.75, 3.05) is 13.6 Å². The molecule has 2 aliphatic rings. The average Bonchev–Trinajstić information content (AvgIpc) is 3.37. The minimum Gasteiger partial charge on any atom is -0.303 e. The number of aryl methyl sites for hydroxylation is 1. The summed E-state index contributed by atoms with van der Waals surface area (Å²) >= 11 is 1.67. The van der Waals surface area contributed by atoms with Crippen LogP contribution in [0.3, 0.4) is 0 Å². The monoisotopic (exact) mass is 366 g/mol. The molecule has 6 heteroatoms. The lowest BCUT2D eigenvalue weighted by Crippen LogP contribution is -2.32. The summed E-state index contributed by atoms with van der Waals surface area (Å²) in [6, 6.07) is 6.77. The Balaban J connectivity index is 1.38. The Bertz CT molecular complexity index is 989. The fourth-order valence-corrected chi connectivity index (χ4v) is 5.48. The van der Waals surface area contributed by atoms with Gasteiger partial charge in [-0.3, -0.25) is 9.89 Å². The molecule has 26 heavy (non-hydrogen) atoms. The van der Waals surface area contributed by atoms with Crippen molar-refractivity contribution < 1.29 is 4.79 Å². The van der Waals surface area contributed by atoms with Crippen molar-refractivity contribution in [2.45, 2.75) is 32.2 Å². The van der Waals surface area contributed by atoms with E-state index in [2.05, 4.69) is 34.1 Å². The number of carbonyl (C=O) groups excluding carboxylic acids is 1. The molecule has 2 bridgehead atoms. The summed E-state index contributed by atoms with van der Waals surface area (Å²) in [6.07, 6.45) is 4.93. The summed E-state index contributed by atoms with van der Waals surface area (Å²) in [7, 11) is 2.20. The van der Waals surface area contributed by atoms with Crippen LogP contribution in [-0.2, 0) is 0 Å². The molecule has 3 heterocycles. The highest BCUT2D eigenvalue weighted by molar-refractivity contribution is 7.14. The maximum absolute atomic E-state index is 12.9. The Morgan fingerprint density at radius 2 is 2.27 bits per heavy atom. The number of aromatic nitrogens is 3. The van der Waals surface area contributed by atoms with Gasteiger partial charge in [-0.05, 0) is 50.8 Å². The number of rotatable bonds is 4. The van der Waals surface area contributed by atoms with Gasteiger partial charge in [-0.25, -0.2) is 4.98 Å². The number of piperidine rings is 1. The fourth-order valence-electron chi connectivity index (χ4n) is 4.72. The summed E-state index contributed by atoms with van der Waals surface area (Å²) in [4.78, 5) is 21.0. The highest BCUT2D eigenvalue weighted by atomic mass is 32.1. The third-order valence-electron chi connectivity index (χ3n) is 6.10. The molecule has 0 amide bonds. The second-order valence-electron chi connectivity index (χ2n) is 7.82. The molecule has 134 valence electrons. The third-order valence-corrected chi connectivity index (χ3v) is 7.07. The lowest BCUT2D eigenvalue weighted by atomic mass is 9.89. The van der Waals surface area contributed by atoms with Crippen LogP contribution in [0.4, 0.5) is 0 Å². The van der Waals surface area contributed by atoms with Crippen LogP contribution in [0.2, 0.25) is 0 Å². The van der Waals surface area contributed by atoms with Crippen molar-refractivity contribution in [1.29, 1.82) is 0 Å². The molecule has 0 radical (unpaired) electrons. The number of nitrogens with zero attached hydrogens (tertiary/aromatic N) is 3. The number of ketones is 1. The first-order valence-corrected chi connectivity index (χ1v) is 10.0. The first-order valence-electron chi connectivity index (χ1n) is 9.23. The molecule has 1 aliphatic heterocycles. The maximum atomic E-state index is 12.9. The van der Waals surface area contributed by atoms with Crippen molar-refractivity contribution >= 4 is 28.0 Å². The van der Waals surface area contributed by atoms with E-state index in [-0.39, 0.29) is 5.78 Å². The Morgan fingerprint density at radius 1 is 1.38 bits per heavy atom. The van der Waals surface area contributed by atoms with Crippen LogP contribution in [0.1, 0.15) is 34.6 Å². The number of nitrogens with one attached hydrogen (secondary N) is 1. The van der Waals surface area contributed by atoms with Gasteiger partial charge in [-0.2, -0.15) is 5.10 Å². The average molecular weight is 366 g/mol. The molecule has 2 fully saturated rings. The van der Waals surface area contributed by atoms with Crippen LogP contribution >= 0.6 is 11.3 Å². The normalized spacial score (nSPS) is 25.4. The molecule has 0 spiro atoms. The van der Waals surface area contributed by atoms with Crippen LogP contribution in [0.25, 0.3) is 21.5 Å². The molecule has 3 atom stereocenters. The van der Waals surface area contributed by atoms with E-state index >= 15 is 0 Å². The minimum absolute atomic E-state index is 0.175. The van der Waals surface area contributed by atoms with E-state index in [1.54, 1.807) is 11.3 Å². The number of fused-ring (bicyclic) bond motifs is 3. The number of carbonyl (C=O) groups is 1. The van der Waals surface area contributed by atoms with Crippen LogP contribution in [0, 0.1) is 18.8 Å². The second kappa shape index (κ2) is 5.99. The molecule has 2 aromatic heterocycles. The number of thiazole rings is 1. The number of Topliss-reactive ketones (excluding diaryl/α,β-unsaturated/α-hetero) is 1. The van der Waals surface area contributed by atoms with E-state index in [0.717, 1.165) is 34.4 Å². The number of benzene rings is 1. The van der Waals surface area contributed by atoms with Gasteiger partial charge in [0.05, 0.1) is 5.52 Å². The molecular formula is C20H22N4OS.